The zero-order valence-corrected chi connectivity index (χ0v) is 22.3. The normalized spacial score (nSPS) is 12.5. The highest BCUT2D eigenvalue weighted by molar-refractivity contribution is 9.10. The van der Waals surface area contributed by atoms with Crippen molar-refractivity contribution in [2.24, 2.45) is 0 Å². The molecule has 1 N–H and O–H groups in total. The van der Waals surface area contributed by atoms with Gasteiger partial charge in [-0.3, -0.25) is 9.59 Å². The van der Waals surface area contributed by atoms with Gasteiger partial charge in [0.15, 0.2) is 6.61 Å². The van der Waals surface area contributed by atoms with E-state index in [2.05, 4.69) is 21.2 Å². The third-order valence-electron chi connectivity index (χ3n) is 5.71. The SMILES string of the molecule is CC[C@@H](C)NC(=O)[C@H](Cc1ccccc1)N(Cc1ccc(Br)cc1)C(=O)COc1ccc(Cl)cc1. The smallest absolute Gasteiger partial charge is 0.261 e. The molecule has 0 saturated carbocycles. The average Bonchev–Trinajstić information content (AvgIpc) is 2.87. The minimum absolute atomic E-state index is 0.00396. The molecular weight excluding hydrogens is 528 g/mol. The Labute approximate surface area is 220 Å². The Hall–Kier alpha value is -2.83. The van der Waals surface area contributed by atoms with Crippen molar-refractivity contribution in [3.05, 3.63) is 99.5 Å². The van der Waals surface area contributed by atoms with Crippen LogP contribution in [-0.2, 0) is 22.6 Å². The molecule has 0 aromatic heterocycles. The van der Waals surface area contributed by atoms with Gasteiger partial charge in [-0.15, -0.1) is 0 Å². The van der Waals surface area contributed by atoms with Gasteiger partial charge in [0.25, 0.3) is 5.91 Å². The van der Waals surface area contributed by atoms with Crippen molar-refractivity contribution in [3.8, 4) is 5.75 Å². The molecule has 3 aromatic rings. The van der Waals surface area contributed by atoms with E-state index in [1.165, 1.54) is 0 Å². The fourth-order valence-electron chi connectivity index (χ4n) is 3.54. The zero-order chi connectivity index (χ0) is 25.2. The third-order valence-corrected chi connectivity index (χ3v) is 6.49. The number of rotatable bonds is 11. The number of carbonyl (C=O) groups excluding carboxylic acids is 2. The van der Waals surface area contributed by atoms with Crippen molar-refractivity contribution in [2.45, 2.75) is 45.3 Å². The lowest BCUT2D eigenvalue weighted by Crippen LogP contribution is -2.53. The fraction of sp³-hybridized carbons (Fsp3) is 0.286. The predicted octanol–water partition coefficient (Wildman–Crippen LogP) is 6.04. The Kier molecular flexibility index (Phi) is 10.2. The Bertz CT molecular complexity index is 1090. The molecule has 35 heavy (non-hydrogen) atoms. The monoisotopic (exact) mass is 556 g/mol. The minimum atomic E-state index is -0.698. The second kappa shape index (κ2) is 13.3. The quantitative estimate of drug-likeness (QED) is 0.313. The predicted molar refractivity (Wildman–Crippen MR) is 143 cm³/mol. The molecule has 3 rings (SSSR count). The van der Waals surface area contributed by atoms with Gasteiger partial charge in [-0.2, -0.15) is 0 Å². The zero-order valence-electron chi connectivity index (χ0n) is 19.9. The standard InChI is InChI=1S/C28H30BrClN2O3/c1-3-20(2)31-28(34)26(17-21-7-5-4-6-8-21)32(18-22-9-11-23(29)12-10-22)27(33)19-35-25-15-13-24(30)14-16-25/h4-16,20,26H,3,17-19H2,1-2H3,(H,31,34)/t20-,26+/m1/s1. The van der Waals surface area contributed by atoms with E-state index in [9.17, 15) is 9.59 Å². The number of carbonyl (C=O) groups is 2. The first kappa shape index (κ1) is 26.8. The molecule has 0 heterocycles. The van der Waals surface area contributed by atoms with Crippen LogP contribution in [0.15, 0.2) is 83.3 Å². The number of benzene rings is 3. The van der Waals surface area contributed by atoms with Crippen LogP contribution in [0.25, 0.3) is 0 Å². The first-order chi connectivity index (χ1) is 16.9. The van der Waals surface area contributed by atoms with Gasteiger partial charge in [-0.05, 0) is 60.9 Å². The van der Waals surface area contributed by atoms with Gasteiger partial charge in [0.05, 0.1) is 0 Å². The Morgan fingerprint density at radius 2 is 1.63 bits per heavy atom. The summed E-state index contributed by atoms with van der Waals surface area (Å²) >= 11 is 9.41. The molecular formula is C28H30BrClN2O3. The van der Waals surface area contributed by atoms with Crippen LogP contribution in [0.4, 0.5) is 0 Å². The van der Waals surface area contributed by atoms with E-state index in [0.717, 1.165) is 22.0 Å². The first-order valence-electron chi connectivity index (χ1n) is 11.6. The number of nitrogens with zero attached hydrogens (tertiary/aromatic N) is 1. The molecule has 0 aliphatic carbocycles. The maximum atomic E-state index is 13.5. The summed E-state index contributed by atoms with van der Waals surface area (Å²) in [5.74, 6) is 0.0817. The van der Waals surface area contributed by atoms with Gasteiger partial charge in [0.1, 0.15) is 11.8 Å². The number of hydrogen-bond acceptors (Lipinski definition) is 3. The summed E-state index contributed by atoms with van der Waals surface area (Å²) in [4.78, 5) is 28.6. The maximum Gasteiger partial charge on any atom is 0.261 e. The minimum Gasteiger partial charge on any atom is -0.484 e. The lowest BCUT2D eigenvalue weighted by atomic mass is 10.0. The lowest BCUT2D eigenvalue weighted by Gasteiger charge is -2.32. The van der Waals surface area contributed by atoms with E-state index in [1.807, 2.05) is 68.4 Å². The van der Waals surface area contributed by atoms with Crippen LogP contribution in [-0.4, -0.2) is 35.4 Å². The highest BCUT2D eigenvalue weighted by Crippen LogP contribution is 2.19. The van der Waals surface area contributed by atoms with Gasteiger partial charge < -0.3 is 15.0 Å². The van der Waals surface area contributed by atoms with Crippen molar-refractivity contribution in [1.29, 1.82) is 0 Å². The molecule has 5 nitrogen and oxygen atoms in total. The van der Waals surface area contributed by atoms with Gasteiger partial charge in [-0.1, -0.05) is 76.9 Å². The molecule has 0 aliphatic rings. The lowest BCUT2D eigenvalue weighted by molar-refractivity contribution is -0.143. The van der Waals surface area contributed by atoms with Gasteiger partial charge >= 0.3 is 0 Å². The Balaban J connectivity index is 1.89. The molecule has 0 radical (unpaired) electrons. The van der Waals surface area contributed by atoms with E-state index in [0.29, 0.717) is 17.2 Å². The topological polar surface area (TPSA) is 58.6 Å². The highest BCUT2D eigenvalue weighted by atomic mass is 79.9. The molecule has 184 valence electrons. The molecule has 2 amide bonds. The van der Waals surface area contributed by atoms with E-state index in [4.69, 9.17) is 16.3 Å². The van der Waals surface area contributed by atoms with Crippen LogP contribution < -0.4 is 10.1 Å². The van der Waals surface area contributed by atoms with Gasteiger partial charge in [-0.25, -0.2) is 0 Å². The number of nitrogens with one attached hydrogen (secondary N) is 1. The van der Waals surface area contributed by atoms with E-state index in [-0.39, 0.29) is 31.0 Å². The largest absolute Gasteiger partial charge is 0.484 e. The summed E-state index contributed by atoms with van der Waals surface area (Å²) in [5.41, 5.74) is 1.89. The summed E-state index contributed by atoms with van der Waals surface area (Å²) in [5, 5.41) is 3.65. The van der Waals surface area contributed by atoms with Crippen molar-refractivity contribution < 1.29 is 14.3 Å². The van der Waals surface area contributed by atoms with E-state index < -0.39 is 6.04 Å². The number of halogens is 2. The van der Waals surface area contributed by atoms with Crippen LogP contribution in [0.2, 0.25) is 5.02 Å². The van der Waals surface area contributed by atoms with Gasteiger partial charge in [0, 0.05) is 28.5 Å². The summed E-state index contributed by atoms with van der Waals surface area (Å²) in [6, 6.07) is 23.6. The van der Waals surface area contributed by atoms with Crippen molar-refractivity contribution in [1.82, 2.24) is 10.2 Å². The van der Waals surface area contributed by atoms with Crippen molar-refractivity contribution in [2.75, 3.05) is 6.61 Å². The summed E-state index contributed by atoms with van der Waals surface area (Å²) < 4.78 is 6.70. The number of hydrogen-bond donors (Lipinski definition) is 1. The second-order valence-corrected chi connectivity index (χ2v) is 9.77. The van der Waals surface area contributed by atoms with Crippen LogP contribution in [0.3, 0.4) is 0 Å². The van der Waals surface area contributed by atoms with E-state index in [1.54, 1.807) is 29.2 Å². The van der Waals surface area contributed by atoms with Crippen LogP contribution >= 0.6 is 27.5 Å². The van der Waals surface area contributed by atoms with Crippen LogP contribution in [0.5, 0.6) is 5.75 Å². The Morgan fingerprint density at radius 1 is 0.971 bits per heavy atom. The second-order valence-electron chi connectivity index (χ2n) is 8.41. The molecule has 0 spiro atoms. The van der Waals surface area contributed by atoms with Gasteiger partial charge in [0.2, 0.25) is 5.91 Å². The molecule has 7 heteroatoms. The Morgan fingerprint density at radius 3 is 2.26 bits per heavy atom. The number of amides is 2. The molecule has 3 aromatic carbocycles. The van der Waals surface area contributed by atoms with Crippen molar-refractivity contribution in [3.63, 3.8) is 0 Å². The van der Waals surface area contributed by atoms with Crippen LogP contribution in [0, 0.1) is 0 Å². The fourth-order valence-corrected chi connectivity index (χ4v) is 3.93. The van der Waals surface area contributed by atoms with E-state index >= 15 is 0 Å². The molecule has 0 fully saturated rings. The van der Waals surface area contributed by atoms with Crippen molar-refractivity contribution >= 4 is 39.3 Å². The molecule has 0 unspecified atom stereocenters. The summed E-state index contributed by atoms with van der Waals surface area (Å²) in [7, 11) is 0. The average molecular weight is 558 g/mol. The number of ether oxygens (including phenoxy) is 1. The highest BCUT2D eigenvalue weighted by Gasteiger charge is 2.31. The van der Waals surface area contributed by atoms with Crippen LogP contribution in [0.1, 0.15) is 31.4 Å². The maximum absolute atomic E-state index is 13.5. The third kappa shape index (κ3) is 8.41. The molecule has 0 bridgehead atoms. The summed E-state index contributed by atoms with van der Waals surface area (Å²) in [6.07, 6.45) is 1.19. The molecule has 0 aliphatic heterocycles. The molecule has 0 saturated heterocycles. The first-order valence-corrected chi connectivity index (χ1v) is 12.8. The molecule has 2 atom stereocenters. The summed E-state index contributed by atoms with van der Waals surface area (Å²) in [6.45, 7) is 4.06.